The van der Waals surface area contributed by atoms with Crippen LogP contribution in [0.15, 0.2) is 24.3 Å². The monoisotopic (exact) mass is 258 g/mol. The third-order valence-electron chi connectivity index (χ3n) is 2.11. The van der Waals surface area contributed by atoms with Crippen LogP contribution in [0.25, 0.3) is 0 Å². The van der Waals surface area contributed by atoms with Gasteiger partial charge in [-0.2, -0.15) is 0 Å². The lowest BCUT2D eigenvalue weighted by Gasteiger charge is -1.92. The van der Waals surface area contributed by atoms with E-state index < -0.39 is 0 Å². The lowest BCUT2D eigenvalue weighted by atomic mass is 10.2. The first-order valence-corrected chi connectivity index (χ1v) is 6.91. The van der Waals surface area contributed by atoms with Crippen molar-refractivity contribution in [3.05, 3.63) is 24.3 Å². The van der Waals surface area contributed by atoms with Gasteiger partial charge in [-0.25, -0.2) is 0 Å². The molecule has 82 valence electrons. The van der Waals surface area contributed by atoms with Crippen LogP contribution < -0.4 is 0 Å². The van der Waals surface area contributed by atoms with Crippen molar-refractivity contribution in [3.8, 4) is 0 Å². The van der Waals surface area contributed by atoms with Crippen molar-refractivity contribution in [1.82, 2.24) is 0 Å². The first-order chi connectivity index (χ1) is 6.91. The van der Waals surface area contributed by atoms with Gasteiger partial charge in [0.2, 0.25) is 0 Å². The Balaban J connectivity index is 3.14. The van der Waals surface area contributed by atoms with E-state index in [4.69, 9.17) is 0 Å². The van der Waals surface area contributed by atoms with Gasteiger partial charge in [0, 0.05) is 5.33 Å². The second kappa shape index (κ2) is 13.0. The molecular weight excluding hydrogens is 236 g/mol. The quantitative estimate of drug-likeness (QED) is 0.301. The molecule has 0 aliphatic rings. The standard InChI is InChI=1S/C13H23Br/c1-2-3-4-5-6-7-8-9-10-11-12-13-14/h5-8H,2-4,9-13H2,1H3/b6-5-,8-7-. The minimum Gasteiger partial charge on any atom is -0.0928 e. The van der Waals surface area contributed by atoms with E-state index in [-0.39, 0.29) is 0 Å². The number of allylic oxidation sites excluding steroid dienone is 4. The summed E-state index contributed by atoms with van der Waals surface area (Å²) in [6.07, 6.45) is 17.9. The van der Waals surface area contributed by atoms with Crippen molar-refractivity contribution in [2.45, 2.75) is 51.9 Å². The molecule has 0 unspecified atom stereocenters. The summed E-state index contributed by atoms with van der Waals surface area (Å²) in [4.78, 5) is 0. The molecule has 0 bridgehead atoms. The van der Waals surface area contributed by atoms with Gasteiger partial charge in [0.05, 0.1) is 0 Å². The molecule has 0 radical (unpaired) electrons. The van der Waals surface area contributed by atoms with E-state index in [2.05, 4.69) is 47.2 Å². The van der Waals surface area contributed by atoms with Crippen molar-refractivity contribution < 1.29 is 0 Å². The molecule has 0 spiro atoms. The first-order valence-electron chi connectivity index (χ1n) is 5.79. The molecule has 0 nitrogen and oxygen atoms in total. The average Bonchev–Trinajstić information content (AvgIpc) is 2.21. The molecule has 0 aliphatic heterocycles. The Morgan fingerprint density at radius 3 is 2.07 bits per heavy atom. The van der Waals surface area contributed by atoms with Gasteiger partial charge in [-0.05, 0) is 25.7 Å². The zero-order chi connectivity index (χ0) is 10.5. The largest absolute Gasteiger partial charge is 0.0928 e. The third-order valence-corrected chi connectivity index (χ3v) is 2.67. The van der Waals surface area contributed by atoms with Gasteiger partial charge in [-0.15, -0.1) is 0 Å². The molecule has 14 heavy (non-hydrogen) atoms. The normalized spacial score (nSPS) is 11.9. The molecule has 0 aromatic rings. The Morgan fingerprint density at radius 1 is 0.857 bits per heavy atom. The number of alkyl halides is 1. The molecule has 0 fully saturated rings. The SMILES string of the molecule is CCCC/C=C\C=C/CCCCCBr. The number of hydrogen-bond acceptors (Lipinski definition) is 0. The summed E-state index contributed by atoms with van der Waals surface area (Å²) < 4.78 is 0. The van der Waals surface area contributed by atoms with Crippen LogP contribution in [0.5, 0.6) is 0 Å². The van der Waals surface area contributed by atoms with Crippen LogP contribution in [0, 0.1) is 0 Å². The Kier molecular flexibility index (Phi) is 12.9. The first kappa shape index (κ1) is 14.0. The molecule has 1 heteroatoms. The maximum absolute atomic E-state index is 3.44. The third kappa shape index (κ3) is 12.0. The molecule has 0 saturated carbocycles. The van der Waals surface area contributed by atoms with Crippen molar-refractivity contribution in [2.24, 2.45) is 0 Å². The van der Waals surface area contributed by atoms with Crippen molar-refractivity contribution in [2.75, 3.05) is 5.33 Å². The van der Waals surface area contributed by atoms with Gasteiger partial charge in [0.1, 0.15) is 0 Å². The Hall–Kier alpha value is -0.0400. The smallest absolute Gasteiger partial charge is 0.00313 e. The van der Waals surface area contributed by atoms with E-state index in [0.29, 0.717) is 0 Å². The highest BCUT2D eigenvalue weighted by atomic mass is 79.9. The Bertz CT molecular complexity index is 147. The van der Waals surface area contributed by atoms with Gasteiger partial charge in [0.15, 0.2) is 0 Å². The second-order valence-corrected chi connectivity index (χ2v) is 4.33. The summed E-state index contributed by atoms with van der Waals surface area (Å²) in [5.41, 5.74) is 0. The molecule has 0 atom stereocenters. The van der Waals surface area contributed by atoms with Gasteiger partial charge < -0.3 is 0 Å². The molecule has 0 amide bonds. The Morgan fingerprint density at radius 2 is 1.50 bits per heavy atom. The predicted molar refractivity (Wildman–Crippen MR) is 70.1 cm³/mol. The van der Waals surface area contributed by atoms with Gasteiger partial charge in [-0.3, -0.25) is 0 Å². The van der Waals surface area contributed by atoms with Gasteiger partial charge in [0.25, 0.3) is 0 Å². The lowest BCUT2D eigenvalue weighted by molar-refractivity contribution is 0.737. The highest BCUT2D eigenvalue weighted by molar-refractivity contribution is 9.09. The van der Waals surface area contributed by atoms with Crippen molar-refractivity contribution in [3.63, 3.8) is 0 Å². The fourth-order valence-corrected chi connectivity index (χ4v) is 1.60. The highest BCUT2D eigenvalue weighted by Gasteiger charge is 1.83. The van der Waals surface area contributed by atoms with E-state index in [9.17, 15) is 0 Å². The fourth-order valence-electron chi connectivity index (χ4n) is 1.21. The van der Waals surface area contributed by atoms with E-state index in [1.54, 1.807) is 0 Å². The maximum Gasteiger partial charge on any atom is 0.00313 e. The molecule has 0 rings (SSSR count). The summed E-state index contributed by atoms with van der Waals surface area (Å²) >= 11 is 3.44. The van der Waals surface area contributed by atoms with E-state index in [1.165, 1.54) is 44.9 Å². The maximum atomic E-state index is 3.44. The van der Waals surface area contributed by atoms with Gasteiger partial charge in [-0.1, -0.05) is 66.4 Å². The van der Waals surface area contributed by atoms with Crippen LogP contribution in [-0.4, -0.2) is 5.33 Å². The molecule has 0 aliphatic carbocycles. The number of rotatable bonds is 9. The molecule has 0 aromatic heterocycles. The molecule has 0 N–H and O–H groups in total. The average molecular weight is 259 g/mol. The van der Waals surface area contributed by atoms with E-state index >= 15 is 0 Å². The van der Waals surface area contributed by atoms with E-state index in [1.807, 2.05) is 0 Å². The minimum atomic E-state index is 1.15. The molecular formula is C13H23Br. The number of halogens is 1. The number of hydrogen-bond donors (Lipinski definition) is 0. The van der Waals surface area contributed by atoms with Gasteiger partial charge >= 0.3 is 0 Å². The van der Waals surface area contributed by atoms with Crippen LogP contribution in [0.3, 0.4) is 0 Å². The second-order valence-electron chi connectivity index (χ2n) is 3.54. The zero-order valence-electron chi connectivity index (χ0n) is 9.34. The van der Waals surface area contributed by atoms with Crippen molar-refractivity contribution in [1.29, 1.82) is 0 Å². The summed E-state index contributed by atoms with van der Waals surface area (Å²) in [6.45, 7) is 2.23. The minimum absolute atomic E-state index is 1.15. The summed E-state index contributed by atoms with van der Waals surface area (Å²) in [5, 5.41) is 1.15. The van der Waals surface area contributed by atoms with Crippen LogP contribution in [0.1, 0.15) is 51.9 Å². The van der Waals surface area contributed by atoms with E-state index in [0.717, 1.165) is 5.33 Å². The van der Waals surface area contributed by atoms with Crippen LogP contribution in [0.4, 0.5) is 0 Å². The highest BCUT2D eigenvalue weighted by Crippen LogP contribution is 2.02. The summed E-state index contributed by atoms with van der Waals surface area (Å²) in [7, 11) is 0. The van der Waals surface area contributed by atoms with Crippen LogP contribution in [0.2, 0.25) is 0 Å². The topological polar surface area (TPSA) is 0 Å². The van der Waals surface area contributed by atoms with Crippen LogP contribution >= 0.6 is 15.9 Å². The Labute approximate surface area is 97.6 Å². The van der Waals surface area contributed by atoms with Crippen molar-refractivity contribution >= 4 is 15.9 Å². The summed E-state index contributed by atoms with van der Waals surface area (Å²) in [6, 6.07) is 0. The summed E-state index contributed by atoms with van der Waals surface area (Å²) in [5.74, 6) is 0. The van der Waals surface area contributed by atoms with Crippen LogP contribution in [-0.2, 0) is 0 Å². The zero-order valence-corrected chi connectivity index (χ0v) is 10.9. The predicted octanol–water partition coefficient (Wildman–Crippen LogP) is 5.24. The number of unbranched alkanes of at least 4 members (excludes halogenated alkanes) is 5. The molecule has 0 aromatic carbocycles. The lowest BCUT2D eigenvalue weighted by Crippen LogP contribution is -1.75. The molecule has 0 saturated heterocycles. The molecule has 0 heterocycles. The fraction of sp³-hybridized carbons (Fsp3) is 0.692.